The highest BCUT2D eigenvalue weighted by molar-refractivity contribution is 5.23. The van der Waals surface area contributed by atoms with Crippen molar-refractivity contribution in [3.8, 4) is 0 Å². The largest absolute Gasteiger partial charge is 0.380 e. The number of benzene rings is 1. The number of methoxy groups -OCH3 is 1. The van der Waals surface area contributed by atoms with E-state index in [0.717, 1.165) is 6.54 Å². The Labute approximate surface area is 117 Å². The van der Waals surface area contributed by atoms with E-state index in [4.69, 9.17) is 4.74 Å². The summed E-state index contributed by atoms with van der Waals surface area (Å²) in [5, 5.41) is 3.74. The minimum Gasteiger partial charge on any atom is -0.380 e. The molecule has 2 nitrogen and oxygen atoms in total. The van der Waals surface area contributed by atoms with E-state index < -0.39 is 0 Å². The van der Waals surface area contributed by atoms with Gasteiger partial charge in [0.2, 0.25) is 0 Å². The van der Waals surface area contributed by atoms with Crippen molar-refractivity contribution in [2.75, 3.05) is 13.7 Å². The maximum atomic E-state index is 5.61. The van der Waals surface area contributed by atoms with Crippen molar-refractivity contribution < 1.29 is 4.74 Å². The Morgan fingerprint density at radius 2 is 1.84 bits per heavy atom. The van der Waals surface area contributed by atoms with Crippen molar-refractivity contribution in [1.82, 2.24) is 5.32 Å². The minimum absolute atomic E-state index is 0.164. The molecule has 0 amide bonds. The molecule has 0 radical (unpaired) electrons. The van der Waals surface area contributed by atoms with Crippen LogP contribution >= 0.6 is 0 Å². The molecular formula is C17H27NO. The van der Waals surface area contributed by atoms with Gasteiger partial charge in [-0.15, -0.1) is 0 Å². The molecule has 1 fully saturated rings. The van der Waals surface area contributed by atoms with Crippen molar-refractivity contribution in [1.29, 1.82) is 0 Å². The van der Waals surface area contributed by atoms with Crippen LogP contribution < -0.4 is 5.32 Å². The molecule has 0 saturated heterocycles. The summed E-state index contributed by atoms with van der Waals surface area (Å²) < 4.78 is 5.61. The summed E-state index contributed by atoms with van der Waals surface area (Å²) in [6.45, 7) is 5.61. The van der Waals surface area contributed by atoms with Gasteiger partial charge < -0.3 is 10.1 Å². The van der Waals surface area contributed by atoms with Gasteiger partial charge in [-0.1, -0.05) is 57.0 Å². The number of nitrogens with one attached hydrogen (secondary N) is 1. The van der Waals surface area contributed by atoms with Crippen molar-refractivity contribution in [2.45, 2.75) is 57.1 Å². The van der Waals surface area contributed by atoms with Crippen LogP contribution in [0.2, 0.25) is 0 Å². The lowest BCUT2D eigenvalue weighted by Gasteiger charge is -2.35. The molecule has 2 unspecified atom stereocenters. The molecule has 1 aromatic rings. The molecule has 19 heavy (non-hydrogen) atoms. The highest BCUT2D eigenvalue weighted by Gasteiger charge is 2.27. The van der Waals surface area contributed by atoms with Crippen LogP contribution in [0.3, 0.4) is 0 Å². The van der Waals surface area contributed by atoms with Gasteiger partial charge in [0.15, 0.2) is 0 Å². The van der Waals surface area contributed by atoms with Crippen LogP contribution in [0.5, 0.6) is 0 Å². The molecule has 0 heterocycles. The summed E-state index contributed by atoms with van der Waals surface area (Å²) in [7, 11) is 1.84. The van der Waals surface area contributed by atoms with Gasteiger partial charge in [-0.3, -0.25) is 0 Å². The maximum absolute atomic E-state index is 5.61. The molecule has 1 aliphatic rings. The summed E-state index contributed by atoms with van der Waals surface area (Å²) in [6, 6.07) is 11.3. The van der Waals surface area contributed by atoms with Gasteiger partial charge in [-0.05, 0) is 18.4 Å². The first-order valence-electron chi connectivity index (χ1n) is 7.45. The number of hydrogen-bond donors (Lipinski definition) is 1. The quantitative estimate of drug-likeness (QED) is 0.875. The van der Waals surface area contributed by atoms with E-state index in [1.165, 1.54) is 31.2 Å². The van der Waals surface area contributed by atoms with Crippen LogP contribution in [0.1, 0.15) is 45.1 Å². The molecule has 2 heteroatoms. The smallest absolute Gasteiger partial charge is 0.0724 e. The molecule has 0 bridgehead atoms. The lowest BCUT2D eigenvalue weighted by atomic mass is 9.83. The summed E-state index contributed by atoms with van der Waals surface area (Å²) in [5.41, 5.74) is 1.56. The van der Waals surface area contributed by atoms with Crippen LogP contribution in [0.15, 0.2) is 30.3 Å². The highest BCUT2D eigenvalue weighted by atomic mass is 16.5. The third-order valence-corrected chi connectivity index (χ3v) is 4.37. The molecule has 0 aliphatic heterocycles. The van der Waals surface area contributed by atoms with Crippen LogP contribution in [0.25, 0.3) is 0 Å². The topological polar surface area (TPSA) is 21.3 Å². The molecule has 0 spiro atoms. The van der Waals surface area contributed by atoms with Gasteiger partial charge in [0.1, 0.15) is 0 Å². The van der Waals surface area contributed by atoms with Gasteiger partial charge >= 0.3 is 0 Å². The molecule has 2 rings (SSSR count). The fraction of sp³-hybridized carbons (Fsp3) is 0.647. The van der Waals surface area contributed by atoms with E-state index in [1.807, 2.05) is 7.11 Å². The Hall–Kier alpha value is -0.860. The van der Waals surface area contributed by atoms with Crippen LogP contribution in [-0.4, -0.2) is 25.8 Å². The highest BCUT2D eigenvalue weighted by Crippen LogP contribution is 2.25. The first-order chi connectivity index (χ1) is 9.13. The third kappa shape index (κ3) is 3.80. The van der Waals surface area contributed by atoms with Crippen LogP contribution in [0, 0.1) is 0 Å². The molecule has 1 N–H and O–H groups in total. The SMILES string of the molecule is COC1CCCCC1NCC(C)(C)c1ccccc1. The predicted octanol–water partition coefficient (Wildman–Crippen LogP) is 3.51. The lowest BCUT2D eigenvalue weighted by molar-refractivity contribution is 0.0403. The Balaban J connectivity index is 1.93. The average molecular weight is 261 g/mol. The molecule has 0 aromatic heterocycles. The number of rotatable bonds is 5. The zero-order valence-corrected chi connectivity index (χ0v) is 12.5. The summed E-state index contributed by atoms with van der Waals surface area (Å²) in [5.74, 6) is 0. The van der Waals surface area contributed by atoms with E-state index >= 15 is 0 Å². The summed E-state index contributed by atoms with van der Waals surface area (Å²) in [4.78, 5) is 0. The second-order valence-corrected chi connectivity index (χ2v) is 6.30. The Morgan fingerprint density at radius 3 is 2.53 bits per heavy atom. The second kappa shape index (κ2) is 6.53. The van der Waals surface area contributed by atoms with E-state index in [-0.39, 0.29) is 5.41 Å². The van der Waals surface area contributed by atoms with Crippen molar-refractivity contribution in [2.24, 2.45) is 0 Å². The molecular weight excluding hydrogens is 234 g/mol. The van der Waals surface area contributed by atoms with Gasteiger partial charge in [0.25, 0.3) is 0 Å². The first kappa shape index (κ1) is 14.5. The van der Waals surface area contributed by atoms with Crippen molar-refractivity contribution in [3.63, 3.8) is 0 Å². The van der Waals surface area contributed by atoms with Gasteiger partial charge in [0, 0.05) is 25.1 Å². The van der Waals surface area contributed by atoms with E-state index in [9.17, 15) is 0 Å². The molecule has 1 aliphatic carbocycles. The summed E-state index contributed by atoms with van der Waals surface area (Å²) >= 11 is 0. The van der Waals surface area contributed by atoms with Gasteiger partial charge in [-0.25, -0.2) is 0 Å². The Kier molecular flexibility index (Phi) is 5.00. The first-order valence-corrected chi connectivity index (χ1v) is 7.45. The predicted molar refractivity (Wildman–Crippen MR) is 80.5 cm³/mol. The lowest BCUT2D eigenvalue weighted by Crippen LogP contribution is -2.47. The second-order valence-electron chi connectivity index (χ2n) is 6.30. The van der Waals surface area contributed by atoms with Crippen LogP contribution in [-0.2, 0) is 10.2 Å². The fourth-order valence-electron chi connectivity index (χ4n) is 2.99. The zero-order chi connectivity index (χ0) is 13.7. The maximum Gasteiger partial charge on any atom is 0.0724 e. The molecule has 106 valence electrons. The third-order valence-electron chi connectivity index (χ3n) is 4.37. The number of ether oxygens (including phenoxy) is 1. The van der Waals surface area contributed by atoms with Gasteiger partial charge in [0.05, 0.1) is 6.10 Å². The molecule has 2 atom stereocenters. The van der Waals surface area contributed by atoms with E-state index in [1.54, 1.807) is 0 Å². The Bertz CT molecular complexity index is 374. The fourth-order valence-corrected chi connectivity index (χ4v) is 2.99. The zero-order valence-electron chi connectivity index (χ0n) is 12.5. The van der Waals surface area contributed by atoms with E-state index in [0.29, 0.717) is 12.1 Å². The molecule has 1 aromatic carbocycles. The van der Waals surface area contributed by atoms with Crippen LogP contribution in [0.4, 0.5) is 0 Å². The Morgan fingerprint density at radius 1 is 1.16 bits per heavy atom. The van der Waals surface area contributed by atoms with E-state index in [2.05, 4.69) is 49.5 Å². The monoisotopic (exact) mass is 261 g/mol. The normalized spacial score (nSPS) is 24.4. The van der Waals surface area contributed by atoms with Crippen molar-refractivity contribution >= 4 is 0 Å². The summed E-state index contributed by atoms with van der Waals surface area (Å²) in [6.07, 6.45) is 5.45. The van der Waals surface area contributed by atoms with Crippen molar-refractivity contribution in [3.05, 3.63) is 35.9 Å². The minimum atomic E-state index is 0.164. The standard InChI is InChI=1S/C17H27NO/c1-17(2,14-9-5-4-6-10-14)13-18-15-11-7-8-12-16(15)19-3/h4-6,9-10,15-16,18H,7-8,11-13H2,1-3H3. The average Bonchev–Trinajstić information content (AvgIpc) is 2.46. The molecule has 1 saturated carbocycles. The number of hydrogen-bond acceptors (Lipinski definition) is 2. The van der Waals surface area contributed by atoms with Gasteiger partial charge in [-0.2, -0.15) is 0 Å².